The minimum atomic E-state index is 0.501. The molecule has 1 aromatic heterocycles. The van der Waals surface area contributed by atoms with Crippen LogP contribution >= 0.6 is 11.6 Å². The quantitative estimate of drug-likeness (QED) is 0.765. The molecule has 0 saturated heterocycles. The number of hydrogen-bond donors (Lipinski definition) is 0. The van der Waals surface area contributed by atoms with Crippen LogP contribution in [0, 0.1) is 0 Å². The van der Waals surface area contributed by atoms with Crippen LogP contribution in [0.3, 0.4) is 0 Å². The first-order chi connectivity index (χ1) is 8.28. The molecule has 2 rings (SSSR count). The lowest BCUT2D eigenvalue weighted by molar-refractivity contribution is 0.305. The van der Waals surface area contributed by atoms with Crippen molar-refractivity contribution in [1.82, 2.24) is 4.98 Å². The van der Waals surface area contributed by atoms with Crippen LogP contribution in [0.2, 0.25) is 5.15 Å². The van der Waals surface area contributed by atoms with Gasteiger partial charge in [0.2, 0.25) is 0 Å². The van der Waals surface area contributed by atoms with Crippen LogP contribution < -0.4 is 4.74 Å². The molecule has 0 radical (unpaired) electrons. The third-order valence-corrected chi connectivity index (χ3v) is 2.75. The Hall–Kier alpha value is -1.54. The van der Waals surface area contributed by atoms with E-state index in [9.17, 15) is 0 Å². The van der Waals surface area contributed by atoms with Crippen LogP contribution in [0.4, 0.5) is 0 Å². The smallest absolute Gasteiger partial charge is 0.129 e. The molecule has 0 saturated carbocycles. The van der Waals surface area contributed by atoms with E-state index >= 15 is 0 Å². The van der Waals surface area contributed by atoms with Crippen LogP contribution in [-0.4, -0.2) is 4.98 Å². The second-order valence-electron chi connectivity index (χ2n) is 3.78. The van der Waals surface area contributed by atoms with Crippen LogP contribution in [0.5, 0.6) is 5.75 Å². The molecule has 0 N–H and O–H groups in total. The van der Waals surface area contributed by atoms with Gasteiger partial charge in [0.05, 0.1) is 0 Å². The molecule has 0 atom stereocenters. The van der Waals surface area contributed by atoms with Crippen molar-refractivity contribution in [1.29, 1.82) is 0 Å². The Morgan fingerprint density at radius 3 is 2.35 bits per heavy atom. The maximum absolute atomic E-state index is 5.71. The van der Waals surface area contributed by atoms with Crippen molar-refractivity contribution in [2.24, 2.45) is 0 Å². The number of aromatic nitrogens is 1. The van der Waals surface area contributed by atoms with E-state index in [0.29, 0.717) is 11.8 Å². The number of aryl methyl sites for hydroxylation is 1. The zero-order valence-electron chi connectivity index (χ0n) is 9.69. The van der Waals surface area contributed by atoms with Gasteiger partial charge >= 0.3 is 0 Å². The average Bonchev–Trinajstić information content (AvgIpc) is 2.39. The van der Waals surface area contributed by atoms with E-state index in [4.69, 9.17) is 16.3 Å². The molecule has 1 heterocycles. The zero-order chi connectivity index (χ0) is 12.1. The fourth-order valence-electron chi connectivity index (χ4n) is 1.48. The number of halogens is 1. The van der Waals surface area contributed by atoms with E-state index in [1.807, 2.05) is 18.2 Å². The van der Waals surface area contributed by atoms with Gasteiger partial charge in [0.1, 0.15) is 17.5 Å². The number of benzene rings is 1. The molecule has 2 aromatic rings. The second-order valence-corrected chi connectivity index (χ2v) is 4.16. The molecule has 0 aliphatic carbocycles. The van der Waals surface area contributed by atoms with Gasteiger partial charge in [-0.1, -0.05) is 36.7 Å². The molecule has 0 fully saturated rings. The maximum Gasteiger partial charge on any atom is 0.129 e. The molecule has 88 valence electrons. The predicted molar refractivity (Wildman–Crippen MR) is 69.4 cm³/mol. The van der Waals surface area contributed by atoms with Gasteiger partial charge in [-0.3, -0.25) is 0 Å². The van der Waals surface area contributed by atoms with E-state index < -0.39 is 0 Å². The summed E-state index contributed by atoms with van der Waals surface area (Å²) < 4.78 is 5.65. The summed E-state index contributed by atoms with van der Waals surface area (Å²) in [6.07, 6.45) is 2.77. The van der Waals surface area contributed by atoms with Crippen molar-refractivity contribution in [2.75, 3.05) is 0 Å². The first-order valence-electron chi connectivity index (χ1n) is 5.60. The minimum Gasteiger partial charge on any atom is -0.489 e. The highest BCUT2D eigenvalue weighted by Crippen LogP contribution is 2.14. The summed E-state index contributed by atoms with van der Waals surface area (Å²) in [5, 5.41) is 0.501. The fraction of sp³-hybridized carbons (Fsp3) is 0.214. The highest BCUT2D eigenvalue weighted by molar-refractivity contribution is 6.29. The van der Waals surface area contributed by atoms with Gasteiger partial charge in [-0.2, -0.15) is 0 Å². The lowest BCUT2D eigenvalue weighted by Gasteiger charge is -2.06. The minimum absolute atomic E-state index is 0.501. The summed E-state index contributed by atoms with van der Waals surface area (Å²) >= 11 is 5.71. The molecule has 1 aromatic carbocycles. The Bertz CT molecular complexity index is 465. The maximum atomic E-state index is 5.71. The summed E-state index contributed by atoms with van der Waals surface area (Å²) in [6.45, 7) is 2.64. The Labute approximate surface area is 106 Å². The zero-order valence-corrected chi connectivity index (χ0v) is 10.4. The summed E-state index contributed by atoms with van der Waals surface area (Å²) in [5.41, 5.74) is 2.32. The molecule has 0 aliphatic rings. The fourth-order valence-corrected chi connectivity index (χ4v) is 1.59. The Morgan fingerprint density at radius 2 is 1.76 bits per heavy atom. The largest absolute Gasteiger partial charge is 0.489 e. The highest BCUT2D eigenvalue weighted by Gasteiger charge is 1.97. The monoisotopic (exact) mass is 247 g/mol. The third-order valence-electron chi connectivity index (χ3n) is 2.53. The topological polar surface area (TPSA) is 22.1 Å². The number of pyridine rings is 1. The van der Waals surface area contributed by atoms with Crippen LogP contribution in [0.1, 0.15) is 18.1 Å². The van der Waals surface area contributed by atoms with Gasteiger partial charge < -0.3 is 4.74 Å². The van der Waals surface area contributed by atoms with Crippen molar-refractivity contribution in [3.8, 4) is 5.75 Å². The van der Waals surface area contributed by atoms with Gasteiger partial charge in [0.25, 0.3) is 0 Å². The molecular weight excluding hydrogens is 234 g/mol. The molecule has 0 amide bonds. The van der Waals surface area contributed by atoms with E-state index in [1.165, 1.54) is 5.56 Å². The molecule has 17 heavy (non-hydrogen) atoms. The van der Waals surface area contributed by atoms with Crippen LogP contribution in [-0.2, 0) is 13.0 Å². The standard InChI is InChI=1S/C14H14ClNO/c1-2-11-3-6-13(7-4-11)17-10-12-5-8-14(15)16-9-12/h3-9H,2,10H2,1H3. The number of nitrogens with zero attached hydrogens (tertiary/aromatic N) is 1. The van der Waals surface area contributed by atoms with Gasteiger partial charge in [0, 0.05) is 11.8 Å². The molecule has 3 heteroatoms. The van der Waals surface area contributed by atoms with Gasteiger partial charge in [-0.05, 0) is 30.2 Å². The highest BCUT2D eigenvalue weighted by atomic mass is 35.5. The average molecular weight is 248 g/mol. The second kappa shape index (κ2) is 5.69. The molecule has 0 bridgehead atoms. The molecule has 0 aliphatic heterocycles. The van der Waals surface area contributed by atoms with Crippen molar-refractivity contribution in [2.45, 2.75) is 20.0 Å². The normalized spacial score (nSPS) is 10.2. The van der Waals surface area contributed by atoms with E-state index in [0.717, 1.165) is 17.7 Å². The SMILES string of the molecule is CCc1ccc(OCc2ccc(Cl)nc2)cc1. The van der Waals surface area contributed by atoms with E-state index in [1.54, 1.807) is 12.3 Å². The summed E-state index contributed by atoms with van der Waals surface area (Å²) in [4.78, 5) is 4.00. The van der Waals surface area contributed by atoms with Crippen molar-refractivity contribution in [3.63, 3.8) is 0 Å². The van der Waals surface area contributed by atoms with E-state index in [-0.39, 0.29) is 0 Å². The summed E-state index contributed by atoms with van der Waals surface area (Å²) in [5.74, 6) is 0.872. The van der Waals surface area contributed by atoms with Crippen molar-refractivity contribution < 1.29 is 4.74 Å². The lowest BCUT2D eigenvalue weighted by atomic mass is 10.2. The summed E-state index contributed by atoms with van der Waals surface area (Å²) in [6, 6.07) is 11.8. The third kappa shape index (κ3) is 3.46. The predicted octanol–water partition coefficient (Wildman–Crippen LogP) is 3.88. The van der Waals surface area contributed by atoms with Gasteiger partial charge in [0.15, 0.2) is 0 Å². The number of hydrogen-bond acceptors (Lipinski definition) is 2. The van der Waals surface area contributed by atoms with Gasteiger partial charge in [-0.15, -0.1) is 0 Å². The number of rotatable bonds is 4. The van der Waals surface area contributed by atoms with Crippen LogP contribution in [0.15, 0.2) is 42.6 Å². The molecular formula is C14H14ClNO. The summed E-state index contributed by atoms with van der Waals surface area (Å²) in [7, 11) is 0. The van der Waals surface area contributed by atoms with Crippen LogP contribution in [0.25, 0.3) is 0 Å². The molecule has 0 unspecified atom stereocenters. The molecule has 2 nitrogen and oxygen atoms in total. The Balaban J connectivity index is 1.95. The number of ether oxygens (including phenoxy) is 1. The van der Waals surface area contributed by atoms with E-state index in [2.05, 4.69) is 24.0 Å². The first kappa shape index (κ1) is 11.9. The first-order valence-corrected chi connectivity index (χ1v) is 5.98. The van der Waals surface area contributed by atoms with Gasteiger partial charge in [-0.25, -0.2) is 4.98 Å². The van der Waals surface area contributed by atoms with Crippen molar-refractivity contribution >= 4 is 11.6 Å². The Morgan fingerprint density at radius 1 is 1.06 bits per heavy atom. The lowest BCUT2D eigenvalue weighted by Crippen LogP contribution is -1.96. The Kier molecular flexibility index (Phi) is 3.99. The molecule has 0 spiro atoms. The van der Waals surface area contributed by atoms with Crippen molar-refractivity contribution in [3.05, 3.63) is 58.9 Å².